The van der Waals surface area contributed by atoms with E-state index in [2.05, 4.69) is 21.2 Å². The number of amides is 1. The number of carbonyl (C=O) groups excluding carboxylic acids is 1. The zero-order chi connectivity index (χ0) is 13.1. The number of halogens is 1. The minimum atomic E-state index is -0.288. The number of hydrogen-bond acceptors (Lipinski definition) is 3. The van der Waals surface area contributed by atoms with Crippen molar-refractivity contribution in [3.8, 4) is 0 Å². The number of aliphatic hydroxyl groups excluding tert-OH is 1. The average Bonchev–Trinajstić information content (AvgIpc) is 2.68. The van der Waals surface area contributed by atoms with Gasteiger partial charge in [0.1, 0.15) is 0 Å². The number of β-amino-alcohol motifs (C(OH)–C–C–N with tert-alkyl or cyclic N) is 1. The van der Waals surface area contributed by atoms with Gasteiger partial charge in [-0.05, 0) is 47.0 Å². The van der Waals surface area contributed by atoms with Crippen molar-refractivity contribution in [3.05, 3.63) is 28.2 Å². The van der Waals surface area contributed by atoms with Gasteiger partial charge in [-0.15, -0.1) is 0 Å². The Bertz CT molecular complexity index is 451. The SMILES string of the molecule is Cc1ccc(NC(=O)CN2CCC(O)C2)c(Br)c1. The van der Waals surface area contributed by atoms with Crippen molar-refractivity contribution in [2.45, 2.75) is 19.4 Å². The Kier molecular flexibility index (Phi) is 4.37. The lowest BCUT2D eigenvalue weighted by atomic mass is 10.2. The van der Waals surface area contributed by atoms with Crippen LogP contribution in [0.1, 0.15) is 12.0 Å². The number of aliphatic hydroxyl groups is 1. The molecule has 1 fully saturated rings. The molecule has 0 saturated carbocycles. The van der Waals surface area contributed by atoms with Crippen LogP contribution in [0, 0.1) is 6.92 Å². The van der Waals surface area contributed by atoms with Gasteiger partial charge in [0, 0.05) is 17.6 Å². The third-order valence-corrected chi connectivity index (χ3v) is 3.67. The van der Waals surface area contributed by atoms with E-state index in [1.54, 1.807) is 0 Å². The molecule has 1 aliphatic rings. The molecular formula is C13H17BrN2O2. The number of nitrogens with one attached hydrogen (secondary N) is 1. The Balaban J connectivity index is 1.91. The van der Waals surface area contributed by atoms with Crippen molar-refractivity contribution in [2.75, 3.05) is 25.0 Å². The molecule has 2 rings (SSSR count). The van der Waals surface area contributed by atoms with E-state index < -0.39 is 0 Å². The van der Waals surface area contributed by atoms with E-state index in [4.69, 9.17) is 0 Å². The molecule has 1 unspecified atom stereocenters. The normalized spacial score (nSPS) is 20.1. The molecule has 2 N–H and O–H groups in total. The molecule has 1 heterocycles. The van der Waals surface area contributed by atoms with E-state index in [1.165, 1.54) is 0 Å². The summed E-state index contributed by atoms with van der Waals surface area (Å²) >= 11 is 3.43. The minimum Gasteiger partial charge on any atom is -0.392 e. The first kappa shape index (κ1) is 13.5. The van der Waals surface area contributed by atoms with Crippen molar-refractivity contribution in [2.24, 2.45) is 0 Å². The van der Waals surface area contributed by atoms with E-state index in [0.29, 0.717) is 13.1 Å². The van der Waals surface area contributed by atoms with Crippen molar-refractivity contribution < 1.29 is 9.90 Å². The van der Waals surface area contributed by atoms with E-state index in [-0.39, 0.29) is 12.0 Å². The Morgan fingerprint density at radius 3 is 3.00 bits per heavy atom. The largest absolute Gasteiger partial charge is 0.392 e. The second-order valence-electron chi connectivity index (χ2n) is 4.71. The number of nitrogens with zero attached hydrogens (tertiary/aromatic N) is 1. The maximum absolute atomic E-state index is 11.9. The van der Waals surface area contributed by atoms with Crippen LogP contribution < -0.4 is 5.32 Å². The molecule has 98 valence electrons. The summed E-state index contributed by atoms with van der Waals surface area (Å²) in [6, 6.07) is 5.81. The number of carbonyl (C=O) groups is 1. The standard InChI is InChI=1S/C13H17BrN2O2/c1-9-2-3-12(11(14)6-9)15-13(18)8-16-5-4-10(17)7-16/h2-3,6,10,17H,4-5,7-8H2,1H3,(H,15,18). The summed E-state index contributed by atoms with van der Waals surface area (Å²) in [5.74, 6) is -0.0475. The van der Waals surface area contributed by atoms with E-state index in [1.807, 2.05) is 30.0 Å². The molecule has 1 aliphatic heterocycles. The lowest BCUT2D eigenvalue weighted by Gasteiger charge is -2.15. The molecule has 1 atom stereocenters. The number of aryl methyl sites for hydroxylation is 1. The summed E-state index contributed by atoms with van der Waals surface area (Å²) in [7, 11) is 0. The Morgan fingerprint density at radius 1 is 1.61 bits per heavy atom. The van der Waals surface area contributed by atoms with Gasteiger partial charge in [-0.1, -0.05) is 6.07 Å². The zero-order valence-electron chi connectivity index (χ0n) is 10.3. The molecule has 0 bridgehead atoms. The maximum atomic E-state index is 11.9. The van der Waals surface area contributed by atoms with Crippen LogP contribution in [0.25, 0.3) is 0 Å². The molecule has 1 saturated heterocycles. The highest BCUT2D eigenvalue weighted by atomic mass is 79.9. The van der Waals surface area contributed by atoms with Gasteiger partial charge in [0.2, 0.25) is 5.91 Å². The second-order valence-corrected chi connectivity index (χ2v) is 5.56. The van der Waals surface area contributed by atoms with E-state index in [9.17, 15) is 9.90 Å². The van der Waals surface area contributed by atoms with Gasteiger partial charge in [-0.3, -0.25) is 9.69 Å². The van der Waals surface area contributed by atoms with Gasteiger partial charge < -0.3 is 10.4 Å². The predicted molar refractivity (Wildman–Crippen MR) is 74.6 cm³/mol. The lowest BCUT2D eigenvalue weighted by Crippen LogP contribution is -2.32. The molecule has 0 aromatic heterocycles. The summed E-state index contributed by atoms with van der Waals surface area (Å²) in [6.07, 6.45) is 0.463. The first-order valence-corrected chi connectivity index (χ1v) is 6.80. The third-order valence-electron chi connectivity index (χ3n) is 3.01. The first-order valence-electron chi connectivity index (χ1n) is 6.01. The topological polar surface area (TPSA) is 52.6 Å². The Labute approximate surface area is 115 Å². The summed E-state index contributed by atoms with van der Waals surface area (Å²) in [5.41, 5.74) is 1.92. The molecule has 1 amide bonds. The molecule has 1 aromatic rings. The summed E-state index contributed by atoms with van der Waals surface area (Å²) < 4.78 is 0.886. The smallest absolute Gasteiger partial charge is 0.238 e. The molecular weight excluding hydrogens is 296 g/mol. The van der Waals surface area contributed by atoms with Crippen LogP contribution in [0.2, 0.25) is 0 Å². The van der Waals surface area contributed by atoms with Crippen LogP contribution in [-0.2, 0) is 4.79 Å². The van der Waals surface area contributed by atoms with E-state index >= 15 is 0 Å². The highest BCUT2D eigenvalue weighted by Gasteiger charge is 2.22. The van der Waals surface area contributed by atoms with Crippen molar-refractivity contribution in [3.63, 3.8) is 0 Å². The quantitative estimate of drug-likeness (QED) is 0.894. The molecule has 0 spiro atoms. The van der Waals surface area contributed by atoms with Crippen LogP contribution in [0.4, 0.5) is 5.69 Å². The fraction of sp³-hybridized carbons (Fsp3) is 0.462. The van der Waals surface area contributed by atoms with Crippen LogP contribution in [0.15, 0.2) is 22.7 Å². The number of likely N-dealkylation sites (tertiary alicyclic amines) is 1. The highest BCUT2D eigenvalue weighted by molar-refractivity contribution is 9.10. The lowest BCUT2D eigenvalue weighted by molar-refractivity contribution is -0.117. The fourth-order valence-corrected chi connectivity index (χ4v) is 2.66. The Hall–Kier alpha value is -0.910. The molecule has 0 radical (unpaired) electrons. The van der Waals surface area contributed by atoms with Gasteiger partial charge in [0.15, 0.2) is 0 Å². The molecule has 1 aromatic carbocycles. The second kappa shape index (κ2) is 5.82. The van der Waals surface area contributed by atoms with E-state index in [0.717, 1.165) is 28.7 Å². The number of anilines is 1. The van der Waals surface area contributed by atoms with Crippen LogP contribution >= 0.6 is 15.9 Å². The van der Waals surface area contributed by atoms with Crippen LogP contribution in [0.3, 0.4) is 0 Å². The van der Waals surface area contributed by atoms with Gasteiger partial charge in [-0.2, -0.15) is 0 Å². The third kappa shape index (κ3) is 3.54. The highest BCUT2D eigenvalue weighted by Crippen LogP contribution is 2.23. The molecule has 18 heavy (non-hydrogen) atoms. The average molecular weight is 313 g/mol. The molecule has 4 nitrogen and oxygen atoms in total. The van der Waals surface area contributed by atoms with Crippen LogP contribution in [-0.4, -0.2) is 41.7 Å². The Morgan fingerprint density at radius 2 is 2.39 bits per heavy atom. The summed E-state index contributed by atoms with van der Waals surface area (Å²) in [5, 5.41) is 12.3. The van der Waals surface area contributed by atoms with Crippen molar-refractivity contribution in [1.82, 2.24) is 4.90 Å². The molecule has 5 heteroatoms. The van der Waals surface area contributed by atoms with Gasteiger partial charge in [-0.25, -0.2) is 0 Å². The predicted octanol–water partition coefficient (Wildman–Crippen LogP) is 1.76. The fourth-order valence-electron chi connectivity index (χ4n) is 2.07. The number of rotatable bonds is 3. The van der Waals surface area contributed by atoms with Crippen LogP contribution in [0.5, 0.6) is 0 Å². The summed E-state index contributed by atoms with van der Waals surface area (Å²) in [4.78, 5) is 13.8. The maximum Gasteiger partial charge on any atom is 0.238 e. The van der Waals surface area contributed by atoms with Gasteiger partial charge in [0.05, 0.1) is 18.3 Å². The van der Waals surface area contributed by atoms with Crippen molar-refractivity contribution in [1.29, 1.82) is 0 Å². The molecule has 0 aliphatic carbocycles. The number of benzene rings is 1. The number of hydrogen-bond donors (Lipinski definition) is 2. The first-order chi connectivity index (χ1) is 8.54. The monoisotopic (exact) mass is 312 g/mol. The zero-order valence-corrected chi connectivity index (χ0v) is 11.9. The summed E-state index contributed by atoms with van der Waals surface area (Å²) in [6.45, 7) is 3.70. The van der Waals surface area contributed by atoms with Gasteiger partial charge in [0.25, 0.3) is 0 Å². The minimum absolute atomic E-state index is 0.0475. The van der Waals surface area contributed by atoms with Crippen molar-refractivity contribution >= 4 is 27.5 Å². The van der Waals surface area contributed by atoms with Gasteiger partial charge >= 0.3 is 0 Å².